The van der Waals surface area contributed by atoms with Crippen LogP contribution in [0.2, 0.25) is 0 Å². The van der Waals surface area contributed by atoms with Crippen LogP contribution in [-0.2, 0) is 4.79 Å². The van der Waals surface area contributed by atoms with Crippen molar-refractivity contribution in [2.24, 2.45) is 0 Å². The summed E-state index contributed by atoms with van der Waals surface area (Å²) in [7, 11) is 0. The highest BCUT2D eigenvalue weighted by atomic mass is 35.5. The summed E-state index contributed by atoms with van der Waals surface area (Å²) in [6.45, 7) is 2.11. The van der Waals surface area contributed by atoms with Crippen LogP contribution >= 0.6 is 37.4 Å². The van der Waals surface area contributed by atoms with Gasteiger partial charge in [0, 0.05) is 6.42 Å². The monoisotopic (exact) mass is 204 g/mol. The number of carbonyl (C=O) groups is 1. The zero-order valence-electron chi connectivity index (χ0n) is 6.00. The van der Waals surface area contributed by atoms with Crippen LogP contribution in [0.5, 0.6) is 0 Å². The number of unbranched alkanes of at least 4 members (excludes halogenated alkanes) is 2. The summed E-state index contributed by atoms with van der Waals surface area (Å²) < 4.78 is 0. The Bertz CT molecular complexity index is 78.1. The molecule has 0 bridgehead atoms. The van der Waals surface area contributed by atoms with E-state index in [0.29, 0.717) is 6.42 Å². The van der Waals surface area contributed by atoms with E-state index < -0.39 is 0 Å². The summed E-state index contributed by atoms with van der Waals surface area (Å²) in [5, 5.41) is 0.0125. The molecular weight excluding hydrogens is 191 g/mol. The van der Waals surface area contributed by atoms with Crippen molar-refractivity contribution in [2.45, 2.75) is 32.6 Å². The van der Waals surface area contributed by atoms with Gasteiger partial charge in [0.25, 0.3) is 0 Å². The van der Waals surface area contributed by atoms with Crippen LogP contribution in [0.1, 0.15) is 32.6 Å². The number of rotatable bonds is 4. The van der Waals surface area contributed by atoms with Crippen LogP contribution in [0.15, 0.2) is 0 Å². The molecule has 0 atom stereocenters. The summed E-state index contributed by atoms with van der Waals surface area (Å²) in [5.74, 6) is 0. The van der Waals surface area contributed by atoms with Crippen molar-refractivity contribution in [1.82, 2.24) is 0 Å². The van der Waals surface area contributed by atoms with Gasteiger partial charge in [0.1, 0.15) is 0 Å². The van der Waals surface area contributed by atoms with Crippen LogP contribution in [0.3, 0.4) is 0 Å². The quantitative estimate of drug-likeness (QED) is 0.551. The van der Waals surface area contributed by atoms with E-state index >= 15 is 0 Å². The fraction of sp³-hybridized carbons (Fsp3) is 0.833. The first-order valence-corrected chi connectivity index (χ1v) is 3.44. The van der Waals surface area contributed by atoms with Crippen molar-refractivity contribution in [3.05, 3.63) is 0 Å². The summed E-state index contributed by atoms with van der Waals surface area (Å²) >= 11 is 3.63. The van der Waals surface area contributed by atoms with E-state index in [1.807, 2.05) is 0 Å². The molecular formula is C6H14Cl2OS. The fourth-order valence-electron chi connectivity index (χ4n) is 0.526. The summed E-state index contributed by atoms with van der Waals surface area (Å²) in [6, 6.07) is 0. The zero-order chi connectivity index (χ0) is 6.41. The number of hydrogen-bond donors (Lipinski definition) is 1. The lowest BCUT2D eigenvalue weighted by molar-refractivity contribution is -0.110. The lowest BCUT2D eigenvalue weighted by Gasteiger charge is -1.90. The highest BCUT2D eigenvalue weighted by Gasteiger charge is 1.90. The molecule has 1 nitrogen and oxygen atoms in total. The van der Waals surface area contributed by atoms with Crippen molar-refractivity contribution >= 4 is 42.6 Å². The lowest BCUT2D eigenvalue weighted by Crippen LogP contribution is -1.84. The Balaban J connectivity index is -0.000000245. The largest absolute Gasteiger partial charge is 0.288 e. The van der Waals surface area contributed by atoms with Gasteiger partial charge in [0.15, 0.2) is 5.12 Å². The highest BCUT2D eigenvalue weighted by molar-refractivity contribution is 7.96. The number of halogens is 2. The van der Waals surface area contributed by atoms with Gasteiger partial charge in [-0.1, -0.05) is 19.8 Å². The molecule has 4 heteroatoms. The maximum atomic E-state index is 10.2. The van der Waals surface area contributed by atoms with E-state index in [2.05, 4.69) is 19.6 Å². The lowest BCUT2D eigenvalue weighted by atomic mass is 10.2. The number of carbonyl (C=O) groups excluding carboxylic acids is 1. The molecule has 0 aromatic carbocycles. The molecule has 0 amide bonds. The van der Waals surface area contributed by atoms with Gasteiger partial charge in [-0.15, -0.1) is 37.4 Å². The van der Waals surface area contributed by atoms with Crippen LogP contribution in [-0.4, -0.2) is 5.12 Å². The fourth-order valence-corrected chi connectivity index (χ4v) is 0.684. The number of hydrogen-bond acceptors (Lipinski definition) is 1. The average Bonchev–Trinajstić information content (AvgIpc) is 1.66. The predicted molar refractivity (Wildman–Crippen MR) is 52.6 cm³/mol. The minimum atomic E-state index is 0. The van der Waals surface area contributed by atoms with Gasteiger partial charge in [-0.05, 0) is 6.42 Å². The van der Waals surface area contributed by atoms with Gasteiger partial charge in [0.05, 0.1) is 0 Å². The molecule has 0 saturated carbocycles. The summed E-state index contributed by atoms with van der Waals surface area (Å²) in [6.07, 6.45) is 3.95. The Morgan fingerprint density at radius 3 is 2.10 bits per heavy atom. The molecule has 0 aromatic rings. The van der Waals surface area contributed by atoms with E-state index in [0.717, 1.165) is 12.8 Å². The van der Waals surface area contributed by atoms with Crippen molar-refractivity contribution in [3.8, 4) is 0 Å². The Hall–Kier alpha value is 0.600. The molecule has 64 valence electrons. The number of thiol groups is 1. The van der Waals surface area contributed by atoms with E-state index in [-0.39, 0.29) is 29.9 Å². The molecule has 0 radical (unpaired) electrons. The van der Waals surface area contributed by atoms with Gasteiger partial charge in [0.2, 0.25) is 0 Å². The second kappa shape index (κ2) is 12.3. The first-order valence-electron chi connectivity index (χ1n) is 2.99. The molecule has 0 fully saturated rings. The molecule has 0 aliphatic carbocycles. The van der Waals surface area contributed by atoms with Crippen molar-refractivity contribution < 1.29 is 4.79 Å². The second-order valence-corrected chi connectivity index (χ2v) is 2.35. The van der Waals surface area contributed by atoms with Gasteiger partial charge >= 0.3 is 0 Å². The first kappa shape index (κ1) is 16.9. The Labute approximate surface area is 80.2 Å². The highest BCUT2D eigenvalue weighted by Crippen LogP contribution is 2.00. The van der Waals surface area contributed by atoms with Gasteiger partial charge in [-0.3, -0.25) is 4.79 Å². The molecule has 0 rings (SSSR count). The minimum absolute atomic E-state index is 0. The molecule has 0 aliphatic rings. The van der Waals surface area contributed by atoms with Crippen molar-refractivity contribution in [1.29, 1.82) is 0 Å². The van der Waals surface area contributed by atoms with Gasteiger partial charge in [-0.2, -0.15) is 0 Å². The second-order valence-electron chi connectivity index (χ2n) is 1.85. The third-order valence-corrected chi connectivity index (χ3v) is 1.22. The molecule has 10 heavy (non-hydrogen) atoms. The van der Waals surface area contributed by atoms with Crippen LogP contribution in [0.4, 0.5) is 0 Å². The molecule has 0 spiro atoms. The molecule has 0 aliphatic heterocycles. The standard InChI is InChI=1S/C6H12OS.2ClH/c1-2-3-4-5-6(7)8;;/h2-5H2,1H3,(H,7,8);2*1H. The molecule has 0 unspecified atom stereocenters. The minimum Gasteiger partial charge on any atom is -0.288 e. The Kier molecular flexibility index (Phi) is 20.8. The predicted octanol–water partition coefficient (Wildman–Crippen LogP) is 2.87. The van der Waals surface area contributed by atoms with Crippen molar-refractivity contribution in [2.75, 3.05) is 0 Å². The topological polar surface area (TPSA) is 17.1 Å². The van der Waals surface area contributed by atoms with Crippen LogP contribution in [0, 0.1) is 0 Å². The van der Waals surface area contributed by atoms with Crippen LogP contribution < -0.4 is 0 Å². The molecule has 0 heterocycles. The molecule has 0 saturated heterocycles. The van der Waals surface area contributed by atoms with E-state index in [1.54, 1.807) is 0 Å². The zero-order valence-corrected chi connectivity index (χ0v) is 8.53. The SMILES string of the molecule is CCCCCC(=O)S.Cl.Cl. The van der Waals surface area contributed by atoms with Gasteiger partial charge in [-0.25, -0.2) is 0 Å². The molecule has 0 N–H and O–H groups in total. The third kappa shape index (κ3) is 15.8. The first-order chi connectivity index (χ1) is 3.77. The summed E-state index contributed by atoms with van der Waals surface area (Å²) in [5.41, 5.74) is 0. The van der Waals surface area contributed by atoms with E-state index in [1.165, 1.54) is 6.42 Å². The maximum absolute atomic E-state index is 10.2. The molecule has 0 aromatic heterocycles. The van der Waals surface area contributed by atoms with E-state index in [4.69, 9.17) is 0 Å². The Morgan fingerprint density at radius 1 is 1.30 bits per heavy atom. The Morgan fingerprint density at radius 2 is 1.80 bits per heavy atom. The van der Waals surface area contributed by atoms with Gasteiger partial charge < -0.3 is 0 Å². The average molecular weight is 205 g/mol. The third-order valence-electron chi connectivity index (χ3n) is 0.994. The maximum Gasteiger partial charge on any atom is 0.185 e. The van der Waals surface area contributed by atoms with E-state index in [9.17, 15) is 4.79 Å². The van der Waals surface area contributed by atoms with Crippen molar-refractivity contribution in [3.63, 3.8) is 0 Å². The normalized spacial score (nSPS) is 7.40. The smallest absolute Gasteiger partial charge is 0.185 e. The van der Waals surface area contributed by atoms with Crippen LogP contribution in [0.25, 0.3) is 0 Å². The summed E-state index contributed by atoms with van der Waals surface area (Å²) in [4.78, 5) is 10.2.